The quantitative estimate of drug-likeness (QED) is 0.816. The monoisotopic (exact) mass is 237 g/mol. The van der Waals surface area contributed by atoms with Crippen molar-refractivity contribution in [3.05, 3.63) is 18.0 Å². The van der Waals surface area contributed by atoms with Crippen molar-refractivity contribution < 1.29 is 5.11 Å². The third-order valence-corrected chi connectivity index (χ3v) is 3.86. The van der Waals surface area contributed by atoms with Crippen LogP contribution in [-0.4, -0.2) is 33.6 Å². The number of aromatic nitrogens is 2. The second-order valence-corrected chi connectivity index (χ2v) is 5.19. The number of rotatable bonds is 5. The molecule has 4 heteroatoms. The first-order chi connectivity index (χ1) is 8.19. The Labute approximate surface area is 103 Å². The molecular formula is C13H23N3O. The van der Waals surface area contributed by atoms with Crippen LogP contribution in [0.25, 0.3) is 0 Å². The molecule has 0 radical (unpaired) electrons. The van der Waals surface area contributed by atoms with Gasteiger partial charge in [-0.05, 0) is 38.8 Å². The normalized spacial score (nSPS) is 26.3. The minimum atomic E-state index is -0.130. The minimum absolute atomic E-state index is 0.130. The molecule has 4 nitrogen and oxygen atoms in total. The summed E-state index contributed by atoms with van der Waals surface area (Å²) >= 11 is 0. The number of nitrogens with zero attached hydrogens (tertiary/aromatic N) is 2. The van der Waals surface area contributed by atoms with E-state index in [1.54, 1.807) is 0 Å². The molecule has 0 aromatic carbocycles. The van der Waals surface area contributed by atoms with E-state index in [2.05, 4.69) is 30.3 Å². The molecule has 2 rings (SSSR count). The number of aliphatic hydroxyl groups excluding tert-OH is 1. The van der Waals surface area contributed by atoms with E-state index in [4.69, 9.17) is 0 Å². The lowest BCUT2D eigenvalue weighted by Crippen LogP contribution is -2.45. The van der Waals surface area contributed by atoms with E-state index >= 15 is 0 Å². The summed E-state index contributed by atoms with van der Waals surface area (Å²) in [6.07, 6.45) is 6.15. The van der Waals surface area contributed by atoms with Crippen molar-refractivity contribution in [2.45, 2.75) is 51.1 Å². The van der Waals surface area contributed by atoms with E-state index in [0.29, 0.717) is 6.04 Å². The molecule has 0 aliphatic carbocycles. The third-order valence-electron chi connectivity index (χ3n) is 3.86. The lowest BCUT2D eigenvalue weighted by atomic mass is 9.93. The molecule has 2 unspecified atom stereocenters. The fourth-order valence-electron chi connectivity index (χ4n) is 2.46. The van der Waals surface area contributed by atoms with Gasteiger partial charge in [0.15, 0.2) is 0 Å². The second-order valence-electron chi connectivity index (χ2n) is 5.19. The predicted octanol–water partition coefficient (Wildman–Crippen LogP) is 1.51. The van der Waals surface area contributed by atoms with Gasteiger partial charge in [-0.15, -0.1) is 0 Å². The Kier molecular flexibility index (Phi) is 3.84. The van der Waals surface area contributed by atoms with Crippen LogP contribution in [0, 0.1) is 0 Å². The zero-order valence-corrected chi connectivity index (χ0v) is 10.8. The van der Waals surface area contributed by atoms with Gasteiger partial charge >= 0.3 is 0 Å². The van der Waals surface area contributed by atoms with Crippen LogP contribution in [0.1, 0.15) is 44.8 Å². The SMILES string of the molecule is CCC(C)n1ccc(CC2(CO)CCCN2)n1. The molecule has 2 heterocycles. The zero-order valence-electron chi connectivity index (χ0n) is 10.8. The van der Waals surface area contributed by atoms with E-state index in [1.165, 1.54) is 0 Å². The zero-order chi connectivity index (χ0) is 12.3. The summed E-state index contributed by atoms with van der Waals surface area (Å²) < 4.78 is 2.02. The number of aliphatic hydroxyl groups is 1. The van der Waals surface area contributed by atoms with Crippen LogP contribution < -0.4 is 5.32 Å². The highest BCUT2D eigenvalue weighted by molar-refractivity contribution is 5.08. The molecule has 1 aromatic rings. The van der Waals surface area contributed by atoms with E-state index < -0.39 is 0 Å². The van der Waals surface area contributed by atoms with E-state index in [1.807, 2.05) is 10.9 Å². The topological polar surface area (TPSA) is 50.1 Å². The first-order valence-corrected chi connectivity index (χ1v) is 6.59. The maximum absolute atomic E-state index is 9.54. The van der Waals surface area contributed by atoms with Crippen LogP contribution in [0.5, 0.6) is 0 Å². The fourth-order valence-corrected chi connectivity index (χ4v) is 2.46. The predicted molar refractivity (Wildman–Crippen MR) is 68.0 cm³/mol. The van der Waals surface area contributed by atoms with E-state index in [0.717, 1.165) is 37.9 Å². The largest absolute Gasteiger partial charge is 0.394 e. The van der Waals surface area contributed by atoms with E-state index in [-0.39, 0.29) is 12.1 Å². The van der Waals surface area contributed by atoms with Gasteiger partial charge in [-0.2, -0.15) is 5.10 Å². The lowest BCUT2D eigenvalue weighted by Gasteiger charge is -2.26. The van der Waals surface area contributed by atoms with Gasteiger partial charge in [0, 0.05) is 24.2 Å². The van der Waals surface area contributed by atoms with Crippen LogP contribution in [0.4, 0.5) is 0 Å². The van der Waals surface area contributed by atoms with Crippen LogP contribution in [0.15, 0.2) is 12.3 Å². The first kappa shape index (κ1) is 12.6. The molecule has 2 N–H and O–H groups in total. The van der Waals surface area contributed by atoms with Crippen molar-refractivity contribution in [2.24, 2.45) is 0 Å². The summed E-state index contributed by atoms with van der Waals surface area (Å²) in [4.78, 5) is 0. The van der Waals surface area contributed by atoms with Gasteiger partial charge in [-0.3, -0.25) is 4.68 Å². The highest BCUT2D eigenvalue weighted by Gasteiger charge is 2.33. The van der Waals surface area contributed by atoms with Gasteiger partial charge in [-0.1, -0.05) is 6.92 Å². The summed E-state index contributed by atoms with van der Waals surface area (Å²) in [6, 6.07) is 2.52. The van der Waals surface area contributed by atoms with Crippen molar-refractivity contribution in [3.63, 3.8) is 0 Å². The number of nitrogens with one attached hydrogen (secondary N) is 1. The Morgan fingerprint density at radius 2 is 2.47 bits per heavy atom. The molecular weight excluding hydrogens is 214 g/mol. The highest BCUT2D eigenvalue weighted by Crippen LogP contribution is 2.23. The molecule has 17 heavy (non-hydrogen) atoms. The van der Waals surface area contributed by atoms with Gasteiger partial charge in [0.2, 0.25) is 0 Å². The van der Waals surface area contributed by atoms with Crippen molar-refractivity contribution in [3.8, 4) is 0 Å². The number of hydrogen-bond acceptors (Lipinski definition) is 3. The summed E-state index contributed by atoms with van der Waals surface area (Å²) in [5.41, 5.74) is 0.947. The van der Waals surface area contributed by atoms with Gasteiger partial charge < -0.3 is 10.4 Å². The summed E-state index contributed by atoms with van der Waals surface area (Å²) in [7, 11) is 0. The maximum Gasteiger partial charge on any atom is 0.0644 e. The Morgan fingerprint density at radius 3 is 3.06 bits per heavy atom. The molecule has 0 spiro atoms. The van der Waals surface area contributed by atoms with Crippen molar-refractivity contribution in [1.29, 1.82) is 0 Å². The molecule has 0 amide bonds. The Morgan fingerprint density at radius 1 is 1.65 bits per heavy atom. The molecule has 0 saturated carbocycles. The van der Waals surface area contributed by atoms with Crippen LogP contribution >= 0.6 is 0 Å². The van der Waals surface area contributed by atoms with Crippen molar-refractivity contribution >= 4 is 0 Å². The molecule has 1 saturated heterocycles. The lowest BCUT2D eigenvalue weighted by molar-refractivity contribution is 0.176. The second kappa shape index (κ2) is 5.19. The summed E-state index contributed by atoms with van der Waals surface area (Å²) in [6.45, 7) is 5.54. The molecule has 2 atom stereocenters. The fraction of sp³-hybridized carbons (Fsp3) is 0.769. The van der Waals surface area contributed by atoms with E-state index in [9.17, 15) is 5.11 Å². The molecule has 96 valence electrons. The molecule has 1 aromatic heterocycles. The van der Waals surface area contributed by atoms with Crippen molar-refractivity contribution in [1.82, 2.24) is 15.1 Å². The summed E-state index contributed by atoms with van der Waals surface area (Å²) in [5, 5.41) is 17.6. The van der Waals surface area contributed by atoms with Crippen LogP contribution in [0.2, 0.25) is 0 Å². The van der Waals surface area contributed by atoms with Gasteiger partial charge in [0.25, 0.3) is 0 Å². The average Bonchev–Trinajstić information content (AvgIpc) is 2.98. The molecule has 1 aliphatic rings. The standard InChI is InChI=1S/C13H23N3O/c1-3-11(2)16-8-5-12(15-16)9-13(10-17)6-4-7-14-13/h5,8,11,14,17H,3-4,6-7,9-10H2,1-2H3. The smallest absolute Gasteiger partial charge is 0.0644 e. The van der Waals surface area contributed by atoms with Crippen LogP contribution in [0.3, 0.4) is 0 Å². The Balaban J connectivity index is 2.05. The van der Waals surface area contributed by atoms with Gasteiger partial charge in [0.05, 0.1) is 12.3 Å². The van der Waals surface area contributed by atoms with Crippen molar-refractivity contribution in [2.75, 3.05) is 13.2 Å². The average molecular weight is 237 g/mol. The number of hydrogen-bond donors (Lipinski definition) is 2. The Hall–Kier alpha value is -0.870. The highest BCUT2D eigenvalue weighted by atomic mass is 16.3. The minimum Gasteiger partial charge on any atom is -0.394 e. The van der Waals surface area contributed by atoms with Gasteiger partial charge in [-0.25, -0.2) is 0 Å². The Bertz CT molecular complexity index is 355. The first-order valence-electron chi connectivity index (χ1n) is 6.59. The summed E-state index contributed by atoms with van der Waals surface area (Å²) in [5.74, 6) is 0. The van der Waals surface area contributed by atoms with Gasteiger partial charge in [0.1, 0.15) is 0 Å². The molecule has 1 fully saturated rings. The van der Waals surface area contributed by atoms with Crippen LogP contribution in [-0.2, 0) is 6.42 Å². The maximum atomic E-state index is 9.54. The third kappa shape index (κ3) is 2.69. The molecule has 1 aliphatic heterocycles. The molecule has 0 bridgehead atoms.